The summed E-state index contributed by atoms with van der Waals surface area (Å²) >= 11 is 0. The average Bonchev–Trinajstić information content (AvgIpc) is 2.94. The highest BCUT2D eigenvalue weighted by Gasteiger charge is 2.55. The van der Waals surface area contributed by atoms with E-state index >= 15 is 0 Å². The van der Waals surface area contributed by atoms with Gasteiger partial charge in [0.25, 0.3) is 0 Å². The van der Waals surface area contributed by atoms with Gasteiger partial charge in [0, 0.05) is 6.42 Å². The summed E-state index contributed by atoms with van der Waals surface area (Å²) in [4.78, 5) is 22.8. The van der Waals surface area contributed by atoms with Crippen LogP contribution in [0.15, 0.2) is 0 Å². The predicted octanol–water partition coefficient (Wildman–Crippen LogP) is 7.04. The number of carbonyl (C=O) groups excluding carboxylic acids is 1. The molecule has 28 heavy (non-hydrogen) atoms. The third-order valence-corrected chi connectivity index (χ3v) is 6.53. The normalized spacial score (nSPS) is 29.7. The lowest BCUT2D eigenvalue weighted by Gasteiger charge is -2.43. The van der Waals surface area contributed by atoms with Crippen LogP contribution >= 0.6 is 0 Å². The molecule has 0 N–H and O–H groups in total. The topological polar surface area (TPSA) is 44.8 Å². The highest BCUT2D eigenvalue weighted by atomic mass is 17.2. The Morgan fingerprint density at radius 3 is 1.86 bits per heavy atom. The molecule has 2 aliphatic rings. The molecule has 2 fully saturated rings. The first-order valence-electron chi connectivity index (χ1n) is 12.0. The Balaban J connectivity index is 1.42. The zero-order valence-electron chi connectivity index (χ0n) is 18.7. The lowest BCUT2D eigenvalue weighted by Crippen LogP contribution is -2.51. The number of carbonyl (C=O) groups is 1. The fourth-order valence-electron chi connectivity index (χ4n) is 4.79. The van der Waals surface area contributed by atoms with Crippen LogP contribution in [-0.4, -0.2) is 23.3 Å². The summed E-state index contributed by atoms with van der Waals surface area (Å²) in [6.07, 6.45) is 20.9. The number of hydrogen-bond donors (Lipinski definition) is 0. The van der Waals surface area contributed by atoms with Crippen molar-refractivity contribution in [2.75, 3.05) is 0 Å². The van der Waals surface area contributed by atoms with Gasteiger partial charge in [-0.05, 0) is 20.3 Å². The minimum atomic E-state index is -0.514. The molecule has 0 aliphatic carbocycles. The maximum Gasteiger partial charge on any atom is 0.309 e. The molecule has 3 unspecified atom stereocenters. The smallest absolute Gasteiger partial charge is 0.309 e. The molecule has 0 amide bonds. The van der Waals surface area contributed by atoms with Gasteiger partial charge in [-0.2, -0.15) is 0 Å². The van der Waals surface area contributed by atoms with Crippen LogP contribution in [0.4, 0.5) is 0 Å². The first-order valence-corrected chi connectivity index (χ1v) is 12.0. The molecule has 2 saturated heterocycles. The van der Waals surface area contributed by atoms with Gasteiger partial charge in [-0.1, -0.05) is 96.8 Å². The van der Waals surface area contributed by atoms with Crippen LogP contribution in [0.3, 0.4) is 0 Å². The molecule has 0 saturated carbocycles. The number of fused-ring (bicyclic) bond motifs is 1. The van der Waals surface area contributed by atoms with Crippen molar-refractivity contribution in [2.24, 2.45) is 0 Å². The van der Waals surface area contributed by atoms with Gasteiger partial charge < -0.3 is 4.74 Å². The first kappa shape index (κ1) is 23.7. The summed E-state index contributed by atoms with van der Waals surface area (Å²) in [6, 6.07) is 0. The fraction of sp³-hybridized carbons (Fsp3) is 0.958. The van der Waals surface area contributed by atoms with Crippen molar-refractivity contribution < 1.29 is 19.3 Å². The summed E-state index contributed by atoms with van der Waals surface area (Å²) < 4.78 is 5.53. The van der Waals surface area contributed by atoms with E-state index in [1.807, 2.05) is 6.92 Å². The molecular weight excluding hydrogens is 352 g/mol. The van der Waals surface area contributed by atoms with Crippen molar-refractivity contribution in [1.82, 2.24) is 0 Å². The van der Waals surface area contributed by atoms with Crippen molar-refractivity contribution >= 4 is 5.97 Å². The third-order valence-electron chi connectivity index (χ3n) is 6.53. The molecule has 0 aromatic rings. The number of esters is 1. The minimum absolute atomic E-state index is 0.170. The molecule has 3 atom stereocenters. The Morgan fingerprint density at radius 2 is 1.32 bits per heavy atom. The first-order chi connectivity index (χ1) is 13.5. The fourth-order valence-corrected chi connectivity index (χ4v) is 4.79. The van der Waals surface area contributed by atoms with E-state index in [1.165, 1.54) is 83.5 Å². The van der Waals surface area contributed by atoms with E-state index < -0.39 is 5.60 Å². The summed E-state index contributed by atoms with van der Waals surface area (Å²) in [5.74, 6) is -0.170. The number of ether oxygens (including phenoxy) is 1. The van der Waals surface area contributed by atoms with E-state index in [2.05, 4.69) is 13.8 Å². The van der Waals surface area contributed by atoms with Gasteiger partial charge in [0.15, 0.2) is 0 Å². The SMILES string of the molecule is CCCCCCCCCCCCCCCCC1(C)CC2(C)OC(=O)CC2OO1. The van der Waals surface area contributed by atoms with Gasteiger partial charge in [-0.15, -0.1) is 0 Å². The quantitative estimate of drug-likeness (QED) is 0.169. The molecule has 2 heterocycles. The molecule has 4 nitrogen and oxygen atoms in total. The lowest BCUT2D eigenvalue weighted by atomic mass is 9.82. The Hall–Kier alpha value is -0.610. The molecule has 0 aromatic heterocycles. The monoisotopic (exact) mass is 396 g/mol. The molecule has 164 valence electrons. The largest absolute Gasteiger partial charge is 0.456 e. The van der Waals surface area contributed by atoms with Crippen molar-refractivity contribution in [1.29, 1.82) is 0 Å². The summed E-state index contributed by atoms with van der Waals surface area (Å²) in [5, 5.41) is 0. The Bertz CT molecular complexity index is 452. The molecule has 2 aliphatic heterocycles. The van der Waals surface area contributed by atoms with E-state index in [9.17, 15) is 4.79 Å². The van der Waals surface area contributed by atoms with E-state index in [4.69, 9.17) is 14.5 Å². The van der Waals surface area contributed by atoms with Crippen molar-refractivity contribution in [3.8, 4) is 0 Å². The molecule has 0 spiro atoms. The molecule has 2 rings (SSSR count). The lowest BCUT2D eigenvalue weighted by molar-refractivity contribution is -0.428. The van der Waals surface area contributed by atoms with Gasteiger partial charge in [-0.3, -0.25) is 4.79 Å². The van der Waals surface area contributed by atoms with Gasteiger partial charge in [0.2, 0.25) is 0 Å². The highest BCUT2D eigenvalue weighted by Crippen LogP contribution is 2.44. The summed E-state index contributed by atoms with van der Waals surface area (Å²) in [5.41, 5.74) is -0.854. The van der Waals surface area contributed by atoms with Crippen molar-refractivity contribution in [3.05, 3.63) is 0 Å². The average molecular weight is 397 g/mol. The van der Waals surface area contributed by atoms with Crippen LogP contribution in [0.2, 0.25) is 0 Å². The number of unbranched alkanes of at least 4 members (excludes halogenated alkanes) is 13. The maximum atomic E-state index is 11.6. The Morgan fingerprint density at radius 1 is 0.821 bits per heavy atom. The van der Waals surface area contributed by atoms with Crippen LogP contribution in [-0.2, 0) is 19.3 Å². The van der Waals surface area contributed by atoms with E-state index in [-0.39, 0.29) is 17.7 Å². The Labute approximate surface area is 173 Å². The van der Waals surface area contributed by atoms with Crippen LogP contribution in [0.1, 0.15) is 130 Å². The second-order valence-electron chi connectivity index (χ2n) is 9.63. The van der Waals surface area contributed by atoms with Gasteiger partial charge in [0.05, 0.1) is 6.42 Å². The van der Waals surface area contributed by atoms with E-state index in [0.29, 0.717) is 6.42 Å². The van der Waals surface area contributed by atoms with Crippen molar-refractivity contribution in [2.45, 2.75) is 147 Å². The zero-order valence-corrected chi connectivity index (χ0v) is 18.7. The van der Waals surface area contributed by atoms with Gasteiger partial charge >= 0.3 is 5.97 Å². The Kier molecular flexibility index (Phi) is 10.3. The van der Waals surface area contributed by atoms with Gasteiger partial charge in [0.1, 0.15) is 17.3 Å². The second kappa shape index (κ2) is 12.2. The third kappa shape index (κ3) is 8.02. The standard InChI is InChI=1S/C24H44O4/c1-4-5-6-7-8-9-10-11-12-13-14-15-16-17-18-23(2)20-24(3)21(27-28-23)19-22(25)26-24/h21H,4-20H2,1-3H3. The van der Waals surface area contributed by atoms with Crippen LogP contribution in [0.25, 0.3) is 0 Å². The molecular formula is C24H44O4. The predicted molar refractivity (Wildman–Crippen MR) is 113 cm³/mol. The number of hydrogen-bond acceptors (Lipinski definition) is 4. The summed E-state index contributed by atoms with van der Waals surface area (Å²) in [6.45, 7) is 6.35. The maximum absolute atomic E-state index is 11.6. The van der Waals surface area contributed by atoms with E-state index in [0.717, 1.165) is 19.3 Å². The molecule has 4 heteroatoms. The minimum Gasteiger partial charge on any atom is -0.456 e. The van der Waals surface area contributed by atoms with Gasteiger partial charge in [-0.25, -0.2) is 9.78 Å². The highest BCUT2D eigenvalue weighted by molar-refractivity contribution is 5.73. The van der Waals surface area contributed by atoms with Crippen LogP contribution in [0.5, 0.6) is 0 Å². The number of rotatable bonds is 15. The molecule has 0 aromatic carbocycles. The molecule has 0 radical (unpaired) electrons. The molecule has 0 bridgehead atoms. The van der Waals surface area contributed by atoms with Crippen LogP contribution in [0, 0.1) is 0 Å². The summed E-state index contributed by atoms with van der Waals surface area (Å²) in [7, 11) is 0. The van der Waals surface area contributed by atoms with Crippen LogP contribution < -0.4 is 0 Å². The second-order valence-corrected chi connectivity index (χ2v) is 9.63. The zero-order chi connectivity index (χ0) is 20.3. The van der Waals surface area contributed by atoms with E-state index in [1.54, 1.807) is 0 Å². The van der Waals surface area contributed by atoms with Crippen molar-refractivity contribution in [3.63, 3.8) is 0 Å².